The van der Waals surface area contributed by atoms with Crippen molar-refractivity contribution in [3.8, 4) is 0 Å². The maximum absolute atomic E-state index is 5.42. The van der Waals surface area contributed by atoms with E-state index >= 15 is 0 Å². The average Bonchev–Trinajstić information content (AvgIpc) is 3.08. The van der Waals surface area contributed by atoms with Crippen LogP contribution in [-0.4, -0.2) is 56.1 Å². The SMILES string of the molecule is CO[Si](CCCOCC1CO1)(OC)OC.Cl. The van der Waals surface area contributed by atoms with Crippen molar-refractivity contribution >= 4 is 21.2 Å². The largest absolute Gasteiger partial charge is 0.500 e. The first-order valence-corrected chi connectivity index (χ1v) is 7.04. The molecule has 1 atom stereocenters. The Balaban J connectivity index is 0.00000225. The molecule has 0 aromatic rings. The molecule has 5 nitrogen and oxygen atoms in total. The molecule has 98 valence electrons. The van der Waals surface area contributed by atoms with E-state index < -0.39 is 8.80 Å². The Bertz CT molecular complexity index is 167. The third-order valence-corrected chi connectivity index (χ3v) is 5.24. The van der Waals surface area contributed by atoms with E-state index in [2.05, 4.69) is 0 Å². The fraction of sp³-hybridized carbons (Fsp3) is 1.00. The van der Waals surface area contributed by atoms with Crippen molar-refractivity contribution in [3.63, 3.8) is 0 Å². The molecule has 0 aliphatic carbocycles. The minimum Gasteiger partial charge on any atom is -0.379 e. The maximum atomic E-state index is 5.42. The second-order valence-electron chi connectivity index (χ2n) is 3.43. The maximum Gasteiger partial charge on any atom is 0.500 e. The van der Waals surface area contributed by atoms with Crippen molar-refractivity contribution in [1.82, 2.24) is 0 Å². The predicted octanol–water partition coefficient (Wildman–Crippen LogP) is 1.09. The van der Waals surface area contributed by atoms with Gasteiger partial charge in [-0.1, -0.05) is 0 Å². The lowest BCUT2D eigenvalue weighted by Crippen LogP contribution is -2.42. The fourth-order valence-electron chi connectivity index (χ4n) is 1.33. The van der Waals surface area contributed by atoms with Crippen molar-refractivity contribution in [2.24, 2.45) is 0 Å². The van der Waals surface area contributed by atoms with Gasteiger partial charge < -0.3 is 22.8 Å². The second kappa shape index (κ2) is 8.41. The van der Waals surface area contributed by atoms with Crippen LogP contribution in [0, 0.1) is 0 Å². The lowest BCUT2D eigenvalue weighted by atomic mass is 10.5. The van der Waals surface area contributed by atoms with Crippen LogP contribution < -0.4 is 0 Å². The number of halogens is 1. The van der Waals surface area contributed by atoms with E-state index in [4.69, 9.17) is 22.8 Å². The Morgan fingerprint density at radius 2 is 1.75 bits per heavy atom. The van der Waals surface area contributed by atoms with E-state index in [9.17, 15) is 0 Å². The van der Waals surface area contributed by atoms with Crippen LogP contribution >= 0.6 is 12.4 Å². The van der Waals surface area contributed by atoms with Gasteiger partial charge in [0.1, 0.15) is 6.10 Å². The van der Waals surface area contributed by atoms with E-state index in [-0.39, 0.29) is 12.4 Å². The molecule has 1 fully saturated rings. The minimum absolute atomic E-state index is 0. The summed E-state index contributed by atoms with van der Waals surface area (Å²) in [6.07, 6.45) is 1.22. The summed E-state index contributed by atoms with van der Waals surface area (Å²) in [4.78, 5) is 0. The lowest BCUT2D eigenvalue weighted by molar-refractivity contribution is 0.100. The van der Waals surface area contributed by atoms with Gasteiger partial charge in [-0.15, -0.1) is 12.4 Å². The molecule has 1 rings (SSSR count). The van der Waals surface area contributed by atoms with E-state index in [0.717, 1.165) is 19.1 Å². The Hall–Kier alpha value is 0.307. The van der Waals surface area contributed by atoms with Gasteiger partial charge in [0.05, 0.1) is 13.2 Å². The smallest absolute Gasteiger partial charge is 0.379 e. The number of rotatable bonds is 9. The highest BCUT2D eigenvalue weighted by Crippen LogP contribution is 2.15. The molecule has 0 N–H and O–H groups in total. The van der Waals surface area contributed by atoms with Gasteiger partial charge in [0, 0.05) is 34.0 Å². The molecule has 0 aromatic carbocycles. The highest BCUT2D eigenvalue weighted by molar-refractivity contribution is 6.60. The molecule has 7 heteroatoms. The van der Waals surface area contributed by atoms with E-state index in [1.165, 1.54) is 0 Å². The molecule has 0 aromatic heterocycles. The summed E-state index contributed by atoms with van der Waals surface area (Å²) in [6, 6.07) is 0.780. The summed E-state index contributed by atoms with van der Waals surface area (Å²) < 4.78 is 26.3. The molecule has 0 saturated carbocycles. The monoisotopic (exact) mass is 272 g/mol. The zero-order valence-electron chi connectivity index (χ0n) is 10.1. The molecular formula is C9H21ClO5Si. The van der Waals surface area contributed by atoms with Gasteiger partial charge in [0.25, 0.3) is 0 Å². The van der Waals surface area contributed by atoms with Gasteiger partial charge in [0.2, 0.25) is 0 Å². The molecule has 1 heterocycles. The summed E-state index contributed by atoms with van der Waals surface area (Å²) in [5.41, 5.74) is 0. The van der Waals surface area contributed by atoms with E-state index in [1.807, 2.05) is 0 Å². The van der Waals surface area contributed by atoms with E-state index in [0.29, 0.717) is 19.3 Å². The second-order valence-corrected chi connectivity index (χ2v) is 6.52. The zero-order chi connectivity index (χ0) is 11.1. The number of hydrogen-bond donors (Lipinski definition) is 0. The Kier molecular flexibility index (Phi) is 8.57. The molecule has 1 aliphatic rings. The van der Waals surface area contributed by atoms with Crippen molar-refractivity contribution in [3.05, 3.63) is 0 Å². The topological polar surface area (TPSA) is 49.5 Å². The first-order chi connectivity index (χ1) is 7.26. The van der Waals surface area contributed by atoms with Gasteiger partial charge in [-0.2, -0.15) is 0 Å². The highest BCUT2D eigenvalue weighted by atomic mass is 35.5. The van der Waals surface area contributed by atoms with Crippen molar-refractivity contribution in [1.29, 1.82) is 0 Å². The van der Waals surface area contributed by atoms with E-state index in [1.54, 1.807) is 21.3 Å². The quantitative estimate of drug-likeness (QED) is 0.357. The Morgan fingerprint density at radius 3 is 2.19 bits per heavy atom. The Morgan fingerprint density at radius 1 is 1.19 bits per heavy atom. The number of hydrogen-bond acceptors (Lipinski definition) is 5. The van der Waals surface area contributed by atoms with Crippen LogP contribution in [0.4, 0.5) is 0 Å². The molecule has 0 radical (unpaired) electrons. The van der Waals surface area contributed by atoms with Gasteiger partial charge in [-0.3, -0.25) is 0 Å². The molecule has 1 aliphatic heterocycles. The van der Waals surface area contributed by atoms with Gasteiger partial charge >= 0.3 is 8.80 Å². The summed E-state index contributed by atoms with van der Waals surface area (Å²) in [5, 5.41) is 0. The van der Waals surface area contributed by atoms with Crippen LogP contribution in [0.5, 0.6) is 0 Å². The van der Waals surface area contributed by atoms with Crippen LogP contribution in [-0.2, 0) is 22.8 Å². The van der Waals surface area contributed by atoms with Crippen LogP contribution in [0.1, 0.15) is 6.42 Å². The standard InChI is InChI=1S/C9H20O5Si.ClH/c1-10-15(11-2,12-3)6-4-5-13-7-9-8-14-9;/h9H,4-8H2,1-3H3;1H. The predicted molar refractivity (Wildman–Crippen MR) is 64.0 cm³/mol. The van der Waals surface area contributed by atoms with Crippen molar-refractivity contribution < 1.29 is 22.8 Å². The zero-order valence-corrected chi connectivity index (χ0v) is 11.9. The van der Waals surface area contributed by atoms with Crippen LogP contribution in [0.2, 0.25) is 6.04 Å². The van der Waals surface area contributed by atoms with Crippen LogP contribution in [0.15, 0.2) is 0 Å². The lowest BCUT2D eigenvalue weighted by Gasteiger charge is -2.24. The molecule has 1 saturated heterocycles. The normalized spacial score (nSPS) is 19.3. The summed E-state index contributed by atoms with van der Waals surface area (Å²) in [5.74, 6) is 0. The van der Waals surface area contributed by atoms with Crippen molar-refractivity contribution in [2.75, 3.05) is 41.2 Å². The van der Waals surface area contributed by atoms with Gasteiger partial charge in [-0.25, -0.2) is 0 Å². The first-order valence-electron chi connectivity index (χ1n) is 5.11. The Labute approximate surface area is 104 Å². The molecule has 0 amide bonds. The van der Waals surface area contributed by atoms with Crippen LogP contribution in [0.3, 0.4) is 0 Å². The average molecular weight is 273 g/mol. The number of ether oxygens (including phenoxy) is 2. The molecule has 1 unspecified atom stereocenters. The van der Waals surface area contributed by atoms with Crippen LogP contribution in [0.25, 0.3) is 0 Å². The van der Waals surface area contributed by atoms with Gasteiger partial charge in [0.15, 0.2) is 0 Å². The molecule has 0 spiro atoms. The fourth-order valence-corrected chi connectivity index (χ4v) is 3.02. The van der Waals surface area contributed by atoms with Gasteiger partial charge in [-0.05, 0) is 6.42 Å². The minimum atomic E-state index is -2.39. The third-order valence-electron chi connectivity index (χ3n) is 2.41. The summed E-state index contributed by atoms with van der Waals surface area (Å²) in [7, 11) is 2.48. The molecule has 0 bridgehead atoms. The highest BCUT2D eigenvalue weighted by Gasteiger charge is 2.36. The number of epoxide rings is 1. The third kappa shape index (κ3) is 5.58. The van der Waals surface area contributed by atoms with Crippen molar-refractivity contribution in [2.45, 2.75) is 18.6 Å². The first kappa shape index (κ1) is 16.3. The summed E-state index contributed by atoms with van der Waals surface area (Å²) in [6.45, 7) is 2.24. The summed E-state index contributed by atoms with van der Waals surface area (Å²) >= 11 is 0. The molecular weight excluding hydrogens is 252 g/mol. The molecule has 16 heavy (non-hydrogen) atoms.